The van der Waals surface area contributed by atoms with Crippen molar-refractivity contribution in [3.8, 4) is 0 Å². The van der Waals surface area contributed by atoms with E-state index in [0.717, 1.165) is 4.90 Å². The molecule has 2 heterocycles. The number of carbonyl (C=O) groups is 2. The zero-order valence-corrected chi connectivity index (χ0v) is 12.2. The third-order valence-electron chi connectivity index (χ3n) is 3.13. The highest BCUT2D eigenvalue weighted by Crippen LogP contribution is 2.34. The summed E-state index contributed by atoms with van der Waals surface area (Å²) in [6.07, 6.45) is 0. The molecule has 1 aliphatic rings. The number of halogens is 2. The van der Waals surface area contributed by atoms with Gasteiger partial charge in [0.1, 0.15) is 10.8 Å². The van der Waals surface area contributed by atoms with Crippen molar-refractivity contribution in [2.24, 2.45) is 0 Å². The Kier molecular flexibility index (Phi) is 3.61. The summed E-state index contributed by atoms with van der Waals surface area (Å²) in [6, 6.07) is 9.18. The quantitative estimate of drug-likeness (QED) is 0.812. The van der Waals surface area contributed by atoms with Gasteiger partial charge in [-0.3, -0.25) is 14.5 Å². The summed E-state index contributed by atoms with van der Waals surface area (Å²) < 4.78 is 12.9. The van der Waals surface area contributed by atoms with Gasteiger partial charge in [-0.15, -0.1) is 11.3 Å². The second-order valence-corrected chi connectivity index (χ2v) is 5.81. The molecule has 0 radical (unpaired) electrons. The number of hydrogen-bond acceptors (Lipinski definition) is 3. The van der Waals surface area contributed by atoms with Crippen LogP contribution in [-0.4, -0.2) is 16.7 Å². The molecule has 0 aliphatic carbocycles. The van der Waals surface area contributed by atoms with Crippen LogP contribution in [-0.2, 0) is 16.1 Å². The van der Waals surface area contributed by atoms with E-state index in [2.05, 4.69) is 0 Å². The summed E-state index contributed by atoms with van der Waals surface area (Å²) in [5, 5.41) is 1.75. The Hall–Kier alpha value is -1.98. The predicted molar refractivity (Wildman–Crippen MR) is 79.0 cm³/mol. The smallest absolute Gasteiger partial charge is 0.269 e. The minimum absolute atomic E-state index is 0.0652. The summed E-state index contributed by atoms with van der Waals surface area (Å²) in [7, 11) is 0. The van der Waals surface area contributed by atoms with Crippen LogP contribution in [0.15, 0.2) is 46.8 Å². The van der Waals surface area contributed by atoms with Crippen molar-refractivity contribution in [1.82, 2.24) is 4.90 Å². The van der Waals surface area contributed by atoms with E-state index in [-0.39, 0.29) is 23.0 Å². The maximum atomic E-state index is 12.9. The van der Waals surface area contributed by atoms with E-state index in [4.69, 9.17) is 11.6 Å². The monoisotopic (exact) mass is 321 g/mol. The van der Waals surface area contributed by atoms with Gasteiger partial charge in [-0.25, -0.2) is 4.39 Å². The van der Waals surface area contributed by atoms with Crippen LogP contribution in [0.1, 0.15) is 10.4 Å². The van der Waals surface area contributed by atoms with Gasteiger partial charge in [-0.1, -0.05) is 29.8 Å². The molecule has 0 saturated carbocycles. The number of benzene rings is 1. The highest BCUT2D eigenvalue weighted by molar-refractivity contribution is 7.11. The largest absolute Gasteiger partial charge is 0.273 e. The van der Waals surface area contributed by atoms with E-state index in [1.807, 2.05) is 5.38 Å². The summed E-state index contributed by atoms with van der Waals surface area (Å²) in [5.74, 6) is -1.31. The van der Waals surface area contributed by atoms with E-state index in [0.29, 0.717) is 10.4 Å². The molecule has 0 unspecified atom stereocenters. The zero-order chi connectivity index (χ0) is 15.0. The fourth-order valence-electron chi connectivity index (χ4n) is 2.10. The summed E-state index contributed by atoms with van der Waals surface area (Å²) in [6.45, 7) is 0.0725. The second-order valence-electron chi connectivity index (χ2n) is 4.49. The molecule has 6 heteroatoms. The Balaban J connectivity index is 1.88. The molecule has 1 aromatic heterocycles. The fraction of sp³-hybridized carbons (Fsp3) is 0.0667. The lowest BCUT2D eigenvalue weighted by Gasteiger charge is -2.14. The molecule has 3 rings (SSSR count). The SMILES string of the molecule is O=C1C(Cl)=C(c2cccs2)C(=O)N1Cc1ccc(F)cc1. The van der Waals surface area contributed by atoms with Crippen molar-refractivity contribution in [3.63, 3.8) is 0 Å². The fourth-order valence-corrected chi connectivity index (χ4v) is 3.21. The van der Waals surface area contributed by atoms with Crippen LogP contribution >= 0.6 is 22.9 Å². The van der Waals surface area contributed by atoms with E-state index >= 15 is 0 Å². The van der Waals surface area contributed by atoms with Crippen molar-refractivity contribution in [3.05, 3.63) is 63.1 Å². The van der Waals surface area contributed by atoms with Gasteiger partial charge in [0.2, 0.25) is 0 Å². The molecule has 106 valence electrons. The molecule has 0 N–H and O–H groups in total. The average molecular weight is 322 g/mol. The van der Waals surface area contributed by atoms with Crippen LogP contribution in [0, 0.1) is 5.82 Å². The number of amides is 2. The first kappa shape index (κ1) is 14.0. The number of thiophene rings is 1. The van der Waals surface area contributed by atoms with Crippen LogP contribution in [0.5, 0.6) is 0 Å². The van der Waals surface area contributed by atoms with Crippen molar-refractivity contribution < 1.29 is 14.0 Å². The van der Waals surface area contributed by atoms with Crippen molar-refractivity contribution >= 4 is 40.3 Å². The highest BCUT2D eigenvalue weighted by Gasteiger charge is 2.38. The van der Waals surface area contributed by atoms with Crippen LogP contribution in [0.4, 0.5) is 4.39 Å². The average Bonchev–Trinajstić information content (AvgIpc) is 3.05. The Morgan fingerprint density at radius 2 is 1.81 bits per heavy atom. The lowest BCUT2D eigenvalue weighted by molar-refractivity contribution is -0.137. The minimum atomic E-state index is -0.519. The van der Waals surface area contributed by atoms with E-state index in [1.54, 1.807) is 12.1 Å². The van der Waals surface area contributed by atoms with Crippen LogP contribution in [0.2, 0.25) is 0 Å². The summed E-state index contributed by atoms with van der Waals surface area (Å²) >= 11 is 7.36. The maximum absolute atomic E-state index is 12.9. The molecular formula is C15H9ClFNO2S. The standard InChI is InChI=1S/C15H9ClFNO2S/c16-13-12(11-2-1-7-21-11)14(19)18(15(13)20)8-9-3-5-10(17)6-4-9/h1-7H,8H2. The summed E-state index contributed by atoms with van der Waals surface area (Å²) in [5.41, 5.74) is 0.897. The number of hydrogen-bond donors (Lipinski definition) is 0. The predicted octanol–water partition coefficient (Wildman–Crippen LogP) is 3.41. The van der Waals surface area contributed by atoms with Gasteiger partial charge in [-0.05, 0) is 29.1 Å². The Morgan fingerprint density at radius 1 is 1.10 bits per heavy atom. The van der Waals surface area contributed by atoms with E-state index in [9.17, 15) is 14.0 Å². The third kappa shape index (κ3) is 2.50. The topological polar surface area (TPSA) is 37.4 Å². The lowest BCUT2D eigenvalue weighted by Crippen LogP contribution is -2.30. The molecule has 0 saturated heterocycles. The molecule has 0 fully saturated rings. The van der Waals surface area contributed by atoms with Crippen LogP contribution < -0.4 is 0 Å². The third-order valence-corrected chi connectivity index (χ3v) is 4.37. The van der Waals surface area contributed by atoms with Crippen LogP contribution in [0.3, 0.4) is 0 Å². The highest BCUT2D eigenvalue weighted by atomic mass is 35.5. The second kappa shape index (κ2) is 5.42. The number of carbonyl (C=O) groups excluding carboxylic acids is 2. The lowest BCUT2D eigenvalue weighted by atomic mass is 10.2. The maximum Gasteiger partial charge on any atom is 0.273 e. The van der Waals surface area contributed by atoms with Crippen molar-refractivity contribution in [2.75, 3.05) is 0 Å². The molecule has 1 aromatic carbocycles. The van der Waals surface area contributed by atoms with Gasteiger partial charge in [-0.2, -0.15) is 0 Å². The minimum Gasteiger partial charge on any atom is -0.269 e. The van der Waals surface area contributed by atoms with Crippen molar-refractivity contribution in [1.29, 1.82) is 0 Å². The van der Waals surface area contributed by atoms with E-state index < -0.39 is 11.8 Å². The summed E-state index contributed by atoms with van der Waals surface area (Å²) in [4.78, 5) is 26.3. The van der Waals surface area contributed by atoms with Crippen LogP contribution in [0.25, 0.3) is 5.57 Å². The zero-order valence-electron chi connectivity index (χ0n) is 10.7. The Labute approximate surface area is 129 Å². The Morgan fingerprint density at radius 3 is 2.43 bits per heavy atom. The molecule has 0 atom stereocenters. The number of imide groups is 1. The molecular weight excluding hydrogens is 313 g/mol. The van der Waals surface area contributed by atoms with E-state index in [1.165, 1.54) is 35.6 Å². The normalized spacial score (nSPS) is 15.2. The van der Waals surface area contributed by atoms with Crippen molar-refractivity contribution in [2.45, 2.75) is 6.54 Å². The molecule has 0 bridgehead atoms. The number of rotatable bonds is 3. The van der Waals surface area contributed by atoms with Gasteiger partial charge in [0.25, 0.3) is 11.8 Å². The van der Waals surface area contributed by atoms with Gasteiger partial charge in [0.15, 0.2) is 0 Å². The number of nitrogens with zero attached hydrogens (tertiary/aromatic N) is 1. The molecule has 2 amide bonds. The molecule has 0 spiro atoms. The first-order chi connectivity index (χ1) is 10.1. The van der Waals surface area contributed by atoms with Gasteiger partial charge >= 0.3 is 0 Å². The van der Waals surface area contributed by atoms with Gasteiger partial charge in [0, 0.05) is 4.88 Å². The Bertz CT molecular complexity index is 738. The molecule has 2 aromatic rings. The van der Waals surface area contributed by atoms with Gasteiger partial charge < -0.3 is 0 Å². The first-order valence-electron chi connectivity index (χ1n) is 6.12. The van der Waals surface area contributed by atoms with Gasteiger partial charge in [0.05, 0.1) is 12.1 Å². The molecule has 1 aliphatic heterocycles. The molecule has 21 heavy (non-hydrogen) atoms. The first-order valence-corrected chi connectivity index (χ1v) is 7.38. The molecule has 3 nitrogen and oxygen atoms in total.